The minimum absolute atomic E-state index is 0.126. The zero-order valence-corrected chi connectivity index (χ0v) is 17.3. The quantitative estimate of drug-likeness (QED) is 0.559. The third-order valence-corrected chi connectivity index (χ3v) is 5.85. The molecular weight excluding hydrogens is 378 g/mol. The second-order valence-corrected chi connectivity index (χ2v) is 7.84. The average molecular weight is 405 g/mol. The summed E-state index contributed by atoms with van der Waals surface area (Å²) in [5.41, 5.74) is 1.38. The topological polar surface area (TPSA) is 59.8 Å². The lowest BCUT2D eigenvalue weighted by atomic mass is 9.90. The number of fused-ring (bicyclic) bond motifs is 1. The van der Waals surface area contributed by atoms with Gasteiger partial charge in [-0.05, 0) is 68.4 Å². The number of likely N-dealkylation sites (tertiary alicyclic amines) is 1. The van der Waals surface area contributed by atoms with Crippen molar-refractivity contribution in [3.05, 3.63) is 76.1 Å². The van der Waals surface area contributed by atoms with Gasteiger partial charge in [0.1, 0.15) is 16.9 Å². The lowest BCUT2D eigenvalue weighted by Crippen LogP contribution is -2.40. The fourth-order valence-corrected chi connectivity index (χ4v) is 4.10. The van der Waals surface area contributed by atoms with Crippen LogP contribution in [0, 0.1) is 5.92 Å². The number of aryl methyl sites for hydroxylation is 1. The van der Waals surface area contributed by atoms with Crippen molar-refractivity contribution >= 4 is 16.9 Å². The zero-order chi connectivity index (χ0) is 20.9. The summed E-state index contributed by atoms with van der Waals surface area (Å²) in [5, 5.41) is 0.769. The summed E-state index contributed by atoms with van der Waals surface area (Å²) in [7, 11) is 0. The van der Waals surface area contributed by atoms with E-state index in [2.05, 4.69) is 12.1 Å². The molecule has 5 nitrogen and oxygen atoms in total. The van der Waals surface area contributed by atoms with Crippen molar-refractivity contribution in [1.82, 2.24) is 4.90 Å². The Balaban J connectivity index is 1.32. The Morgan fingerprint density at radius 2 is 1.83 bits per heavy atom. The number of hydrogen-bond acceptors (Lipinski definition) is 4. The number of carbonyl (C=O) groups excluding carboxylic acids is 1. The summed E-state index contributed by atoms with van der Waals surface area (Å²) >= 11 is 0. The Kier molecular flexibility index (Phi) is 6.17. The van der Waals surface area contributed by atoms with Gasteiger partial charge in [-0.1, -0.05) is 30.3 Å². The van der Waals surface area contributed by atoms with Gasteiger partial charge in [0.2, 0.25) is 0 Å². The van der Waals surface area contributed by atoms with Crippen molar-refractivity contribution in [1.29, 1.82) is 0 Å². The van der Waals surface area contributed by atoms with Crippen LogP contribution in [0.4, 0.5) is 0 Å². The van der Waals surface area contributed by atoms with Crippen LogP contribution < -0.4 is 10.4 Å². The van der Waals surface area contributed by atoms with E-state index in [1.54, 1.807) is 17.0 Å². The Hall–Kier alpha value is -3.08. The van der Waals surface area contributed by atoms with Crippen LogP contribution in [0.2, 0.25) is 0 Å². The summed E-state index contributed by atoms with van der Waals surface area (Å²) < 4.78 is 10.8. The summed E-state index contributed by atoms with van der Waals surface area (Å²) in [6.07, 6.45) is 4.05. The fraction of sp³-hybridized carbons (Fsp3) is 0.360. The molecule has 5 heteroatoms. The van der Waals surface area contributed by atoms with Crippen LogP contribution in [-0.4, -0.2) is 30.5 Å². The second-order valence-electron chi connectivity index (χ2n) is 7.84. The first-order valence-electron chi connectivity index (χ1n) is 10.7. The highest BCUT2D eigenvalue weighted by Gasteiger charge is 2.25. The molecule has 156 valence electrons. The molecule has 3 aromatic rings. The van der Waals surface area contributed by atoms with Crippen molar-refractivity contribution in [2.45, 2.75) is 32.6 Å². The molecule has 1 aromatic heterocycles. The molecule has 0 N–H and O–H groups in total. The zero-order valence-electron chi connectivity index (χ0n) is 17.3. The Labute approximate surface area is 176 Å². The Morgan fingerprint density at radius 1 is 1.10 bits per heavy atom. The molecule has 0 atom stereocenters. The normalized spacial score (nSPS) is 14.8. The first-order chi connectivity index (χ1) is 14.6. The number of benzene rings is 2. The molecular formula is C25H27NO4. The van der Waals surface area contributed by atoms with Crippen LogP contribution in [0.1, 0.15) is 42.1 Å². The molecule has 30 heavy (non-hydrogen) atoms. The van der Waals surface area contributed by atoms with Crippen molar-refractivity contribution in [2.24, 2.45) is 5.92 Å². The van der Waals surface area contributed by atoms with Gasteiger partial charge >= 0.3 is 5.63 Å². The van der Waals surface area contributed by atoms with Gasteiger partial charge in [0, 0.05) is 18.5 Å². The van der Waals surface area contributed by atoms with E-state index in [9.17, 15) is 9.59 Å². The van der Waals surface area contributed by atoms with Crippen LogP contribution in [0.5, 0.6) is 5.75 Å². The molecule has 1 fully saturated rings. The number of nitrogens with zero attached hydrogens (tertiary/aromatic N) is 1. The minimum Gasteiger partial charge on any atom is -0.494 e. The SMILES string of the molecule is CCOc1ccc(CCC2CCN(C(=O)c3cc4ccccc4oc3=O)CC2)cc1. The molecule has 0 unspecified atom stereocenters. The molecule has 0 saturated carbocycles. The van der Waals surface area contributed by atoms with Gasteiger partial charge in [-0.15, -0.1) is 0 Å². The fourth-order valence-electron chi connectivity index (χ4n) is 4.10. The summed E-state index contributed by atoms with van der Waals surface area (Å²) in [4.78, 5) is 27.0. The Morgan fingerprint density at radius 3 is 2.57 bits per heavy atom. The summed E-state index contributed by atoms with van der Waals surface area (Å²) in [5.74, 6) is 1.28. The highest BCUT2D eigenvalue weighted by atomic mass is 16.5. The summed E-state index contributed by atoms with van der Waals surface area (Å²) in [6, 6.07) is 17.2. The molecule has 0 radical (unpaired) electrons. The number of rotatable bonds is 6. The Bertz CT molecular complexity index is 1060. The predicted molar refractivity (Wildman–Crippen MR) is 117 cm³/mol. The van der Waals surface area contributed by atoms with Crippen molar-refractivity contribution in [3.63, 3.8) is 0 Å². The van der Waals surface area contributed by atoms with Crippen molar-refractivity contribution < 1.29 is 13.9 Å². The van der Waals surface area contributed by atoms with E-state index < -0.39 is 5.63 Å². The van der Waals surface area contributed by atoms with Gasteiger partial charge in [0.05, 0.1) is 6.61 Å². The lowest BCUT2D eigenvalue weighted by molar-refractivity contribution is 0.0683. The molecule has 0 spiro atoms. The molecule has 4 rings (SSSR count). The van der Waals surface area contributed by atoms with E-state index in [-0.39, 0.29) is 11.5 Å². The van der Waals surface area contributed by atoms with E-state index in [1.807, 2.05) is 37.3 Å². The molecule has 1 aliphatic rings. The minimum atomic E-state index is -0.559. The third kappa shape index (κ3) is 4.56. The molecule has 1 saturated heterocycles. The van der Waals surface area contributed by atoms with Gasteiger partial charge in [-0.2, -0.15) is 0 Å². The number of para-hydroxylation sites is 1. The first kappa shape index (κ1) is 20.2. The molecule has 0 aliphatic carbocycles. The summed E-state index contributed by atoms with van der Waals surface area (Å²) in [6.45, 7) is 4.02. The van der Waals surface area contributed by atoms with E-state index in [4.69, 9.17) is 9.15 Å². The second kappa shape index (κ2) is 9.16. The van der Waals surface area contributed by atoms with Crippen LogP contribution >= 0.6 is 0 Å². The maximum atomic E-state index is 12.9. The number of amides is 1. The monoisotopic (exact) mass is 405 g/mol. The number of hydrogen-bond donors (Lipinski definition) is 0. The van der Waals surface area contributed by atoms with Crippen LogP contribution in [0.15, 0.2) is 63.8 Å². The van der Waals surface area contributed by atoms with Gasteiger partial charge in [-0.3, -0.25) is 4.79 Å². The highest BCUT2D eigenvalue weighted by Crippen LogP contribution is 2.24. The highest BCUT2D eigenvalue weighted by molar-refractivity contribution is 5.96. The first-order valence-corrected chi connectivity index (χ1v) is 10.7. The number of ether oxygens (including phenoxy) is 1. The van der Waals surface area contributed by atoms with E-state index in [0.717, 1.165) is 36.8 Å². The van der Waals surface area contributed by atoms with Gasteiger partial charge in [0.15, 0.2) is 0 Å². The molecule has 2 aromatic carbocycles. The average Bonchev–Trinajstić information content (AvgIpc) is 2.78. The molecule has 0 bridgehead atoms. The van der Waals surface area contributed by atoms with Crippen LogP contribution in [0.25, 0.3) is 11.0 Å². The maximum Gasteiger partial charge on any atom is 0.349 e. The van der Waals surface area contributed by atoms with E-state index in [1.165, 1.54) is 5.56 Å². The van der Waals surface area contributed by atoms with Crippen LogP contribution in [0.3, 0.4) is 0 Å². The van der Waals surface area contributed by atoms with Crippen molar-refractivity contribution in [3.8, 4) is 5.75 Å². The van der Waals surface area contributed by atoms with Crippen LogP contribution in [-0.2, 0) is 6.42 Å². The van der Waals surface area contributed by atoms with Gasteiger partial charge < -0.3 is 14.1 Å². The largest absolute Gasteiger partial charge is 0.494 e. The van der Waals surface area contributed by atoms with Gasteiger partial charge in [-0.25, -0.2) is 4.79 Å². The number of carbonyl (C=O) groups is 1. The molecule has 1 aliphatic heterocycles. The van der Waals surface area contributed by atoms with Gasteiger partial charge in [0.25, 0.3) is 5.91 Å². The molecule has 1 amide bonds. The molecule has 2 heterocycles. The predicted octanol–water partition coefficient (Wildman–Crippen LogP) is 4.68. The number of piperidine rings is 1. The maximum absolute atomic E-state index is 12.9. The van der Waals surface area contributed by atoms with E-state index in [0.29, 0.717) is 31.2 Å². The standard InChI is InChI=1S/C25H27NO4/c1-2-29-21-11-9-18(10-12-21)7-8-19-13-15-26(16-14-19)24(27)22-17-20-5-3-4-6-23(20)30-25(22)28/h3-6,9-12,17,19H,2,7-8,13-16H2,1H3. The smallest absolute Gasteiger partial charge is 0.349 e. The lowest BCUT2D eigenvalue weighted by Gasteiger charge is -2.32. The third-order valence-electron chi connectivity index (χ3n) is 5.85. The van der Waals surface area contributed by atoms with Crippen molar-refractivity contribution in [2.75, 3.05) is 19.7 Å². The van der Waals surface area contributed by atoms with E-state index >= 15 is 0 Å².